The van der Waals surface area contributed by atoms with E-state index in [9.17, 15) is 19.5 Å². The molecule has 0 aromatic heterocycles. The number of hydrogen-bond donors (Lipinski definition) is 1. The molecule has 3 saturated heterocycles. The first kappa shape index (κ1) is 28.8. The number of hydrogen-bond acceptors (Lipinski definition) is 6. The quantitative estimate of drug-likeness (QED) is 0.213. The van der Waals surface area contributed by atoms with Gasteiger partial charge in [-0.25, -0.2) is 0 Å². The molecule has 0 radical (unpaired) electrons. The molecule has 1 N–H and O–H groups in total. The first-order chi connectivity index (χ1) is 17.1. The molecule has 2 unspecified atom stereocenters. The summed E-state index contributed by atoms with van der Waals surface area (Å²) in [6.45, 7) is 16.6. The Balaban J connectivity index is 2.06. The van der Waals surface area contributed by atoms with Crippen molar-refractivity contribution in [2.45, 2.75) is 87.8 Å². The van der Waals surface area contributed by atoms with Gasteiger partial charge in [0.2, 0.25) is 11.8 Å². The number of ether oxygens (including phenoxy) is 1. The van der Waals surface area contributed by atoms with E-state index < -0.39 is 33.4 Å². The topological polar surface area (TPSA) is 87.1 Å². The molecular formula is C28H44N2O5S. The van der Waals surface area contributed by atoms with Gasteiger partial charge in [0, 0.05) is 17.8 Å². The van der Waals surface area contributed by atoms with Gasteiger partial charge in [-0.3, -0.25) is 14.4 Å². The molecule has 3 heterocycles. The third-order valence-electron chi connectivity index (χ3n) is 8.28. The molecule has 0 saturated carbocycles. The van der Waals surface area contributed by atoms with Gasteiger partial charge in [-0.1, -0.05) is 45.8 Å². The molecule has 1 spiro atoms. The molecule has 0 aromatic rings. The second-order valence-corrected chi connectivity index (χ2v) is 12.9. The molecule has 3 fully saturated rings. The zero-order valence-electron chi connectivity index (χ0n) is 22.4. The van der Waals surface area contributed by atoms with E-state index >= 15 is 0 Å². The van der Waals surface area contributed by atoms with Crippen molar-refractivity contribution in [1.82, 2.24) is 9.80 Å². The van der Waals surface area contributed by atoms with Crippen LogP contribution in [0.1, 0.15) is 66.2 Å². The van der Waals surface area contributed by atoms with Crippen LogP contribution in [0.15, 0.2) is 25.3 Å². The third kappa shape index (κ3) is 4.87. The van der Waals surface area contributed by atoms with Crippen molar-refractivity contribution >= 4 is 29.5 Å². The van der Waals surface area contributed by atoms with Gasteiger partial charge >= 0.3 is 5.97 Å². The van der Waals surface area contributed by atoms with Gasteiger partial charge in [0.15, 0.2) is 0 Å². The lowest BCUT2D eigenvalue weighted by atomic mass is 9.66. The van der Waals surface area contributed by atoms with E-state index in [1.807, 2.05) is 25.7 Å². The van der Waals surface area contributed by atoms with Gasteiger partial charge in [-0.2, -0.15) is 0 Å². The predicted molar refractivity (Wildman–Crippen MR) is 143 cm³/mol. The first-order valence-electron chi connectivity index (χ1n) is 13.4. The molecule has 7 nitrogen and oxygen atoms in total. The highest BCUT2D eigenvalue weighted by molar-refractivity contribution is 8.02. The summed E-state index contributed by atoms with van der Waals surface area (Å²) < 4.78 is 4.43. The van der Waals surface area contributed by atoms with Crippen molar-refractivity contribution in [3.8, 4) is 0 Å². The normalized spacial score (nSPS) is 31.4. The van der Waals surface area contributed by atoms with Crippen molar-refractivity contribution in [2.24, 2.45) is 17.8 Å². The minimum absolute atomic E-state index is 0.0480. The Kier molecular flexibility index (Phi) is 9.36. The van der Waals surface area contributed by atoms with E-state index in [1.165, 1.54) is 0 Å². The van der Waals surface area contributed by atoms with Crippen LogP contribution in [0, 0.1) is 17.8 Å². The van der Waals surface area contributed by atoms with Crippen molar-refractivity contribution in [3.05, 3.63) is 25.3 Å². The molecule has 3 aliphatic rings. The van der Waals surface area contributed by atoms with Crippen LogP contribution in [0.25, 0.3) is 0 Å². The SMILES string of the molecule is C=CCCOC(=O)[C@H]1[C@H]2C(=O)N([C@@H](CO)C(C)C)C(C(=O)N(CC=C)CCCCC)C23CC[C@]1(C)S3. The van der Waals surface area contributed by atoms with Crippen LogP contribution < -0.4 is 0 Å². The number of esters is 1. The van der Waals surface area contributed by atoms with Crippen LogP contribution in [0.3, 0.4) is 0 Å². The molecule has 36 heavy (non-hydrogen) atoms. The fourth-order valence-electron chi connectivity index (χ4n) is 6.48. The molecule has 202 valence electrons. The number of aliphatic hydroxyl groups excluding tert-OH is 1. The standard InChI is InChI=1S/C28H44N2O5S/c1-7-10-12-16-29(15-9-3)25(33)23-28-14-13-27(6,36-28)22(26(34)35-17-11-8-2)21(28)24(32)30(23)20(18-31)19(4)5/h8-9,19-23,31H,2-3,7,10-18H2,1,4-6H3/t20-,21-,22+,23?,27-,28?/m0/s1. The summed E-state index contributed by atoms with van der Waals surface area (Å²) in [4.78, 5) is 45.3. The van der Waals surface area contributed by atoms with Crippen molar-refractivity contribution in [1.29, 1.82) is 0 Å². The number of thioether (sulfide) groups is 1. The summed E-state index contributed by atoms with van der Waals surface area (Å²) >= 11 is 1.64. The minimum Gasteiger partial charge on any atom is -0.465 e. The number of fused-ring (bicyclic) bond motifs is 1. The molecule has 2 bridgehead atoms. The number of rotatable bonds is 14. The Morgan fingerprint density at radius 1 is 1.28 bits per heavy atom. The lowest BCUT2D eigenvalue weighted by molar-refractivity contribution is -0.156. The van der Waals surface area contributed by atoms with Crippen LogP contribution in [-0.2, 0) is 19.1 Å². The van der Waals surface area contributed by atoms with E-state index in [4.69, 9.17) is 4.74 Å². The van der Waals surface area contributed by atoms with Gasteiger partial charge in [0.25, 0.3) is 0 Å². The lowest BCUT2D eigenvalue weighted by Gasteiger charge is -2.40. The summed E-state index contributed by atoms with van der Waals surface area (Å²) in [6.07, 6.45) is 8.33. The maximum atomic E-state index is 14.3. The molecule has 8 heteroatoms. The smallest absolute Gasteiger partial charge is 0.311 e. The van der Waals surface area contributed by atoms with E-state index in [2.05, 4.69) is 20.1 Å². The van der Waals surface area contributed by atoms with E-state index in [1.54, 1.807) is 28.8 Å². The van der Waals surface area contributed by atoms with Gasteiger partial charge in [0.05, 0.1) is 35.8 Å². The van der Waals surface area contributed by atoms with Crippen molar-refractivity contribution in [3.63, 3.8) is 0 Å². The Morgan fingerprint density at radius 2 is 2.00 bits per heavy atom. The molecule has 2 amide bonds. The second-order valence-electron chi connectivity index (χ2n) is 11.0. The average Bonchev–Trinajstić information content (AvgIpc) is 3.40. The maximum Gasteiger partial charge on any atom is 0.311 e. The number of carbonyl (C=O) groups excluding carboxylic acids is 3. The molecule has 3 rings (SSSR count). The zero-order chi connectivity index (χ0) is 26.7. The highest BCUT2D eigenvalue weighted by Gasteiger charge is 2.78. The number of nitrogens with zero attached hydrogens (tertiary/aromatic N) is 2. The Bertz CT molecular complexity index is 863. The first-order valence-corrected chi connectivity index (χ1v) is 14.3. The molecule has 6 atom stereocenters. The van der Waals surface area contributed by atoms with Crippen LogP contribution in [0.2, 0.25) is 0 Å². The van der Waals surface area contributed by atoms with Crippen molar-refractivity contribution < 1.29 is 24.2 Å². The van der Waals surface area contributed by atoms with Crippen LogP contribution in [0.5, 0.6) is 0 Å². The Hall–Kier alpha value is -1.80. The zero-order valence-corrected chi connectivity index (χ0v) is 23.2. The second kappa shape index (κ2) is 11.7. The highest BCUT2D eigenvalue weighted by Crippen LogP contribution is 2.71. The average molecular weight is 521 g/mol. The van der Waals surface area contributed by atoms with Crippen LogP contribution >= 0.6 is 11.8 Å². The number of aliphatic hydroxyl groups is 1. The summed E-state index contributed by atoms with van der Waals surface area (Å²) in [5, 5.41) is 10.3. The fourth-order valence-corrected chi connectivity index (χ4v) is 8.81. The summed E-state index contributed by atoms with van der Waals surface area (Å²) in [6, 6.07) is -1.23. The minimum atomic E-state index is -0.728. The number of carbonyl (C=O) groups is 3. The Labute approximate surface area is 220 Å². The highest BCUT2D eigenvalue weighted by atomic mass is 32.2. The summed E-state index contributed by atoms with van der Waals surface area (Å²) in [5.41, 5.74) is 0. The van der Waals surface area contributed by atoms with Crippen LogP contribution in [-0.4, -0.2) is 80.6 Å². The van der Waals surface area contributed by atoms with Gasteiger partial charge < -0.3 is 19.6 Å². The fraction of sp³-hybridized carbons (Fsp3) is 0.750. The van der Waals surface area contributed by atoms with Gasteiger partial charge in [0.1, 0.15) is 6.04 Å². The summed E-state index contributed by atoms with van der Waals surface area (Å²) in [7, 11) is 0. The molecule has 0 aliphatic carbocycles. The van der Waals surface area contributed by atoms with E-state index in [0.29, 0.717) is 25.9 Å². The number of unbranched alkanes of at least 4 members (excludes halogenated alkanes) is 2. The predicted octanol–water partition coefficient (Wildman–Crippen LogP) is 3.81. The number of amides is 2. The van der Waals surface area contributed by atoms with E-state index in [-0.39, 0.29) is 36.9 Å². The largest absolute Gasteiger partial charge is 0.465 e. The number of likely N-dealkylation sites (tertiary alicyclic amines) is 1. The monoisotopic (exact) mass is 520 g/mol. The Morgan fingerprint density at radius 3 is 2.58 bits per heavy atom. The van der Waals surface area contributed by atoms with Crippen molar-refractivity contribution in [2.75, 3.05) is 26.3 Å². The maximum absolute atomic E-state index is 14.3. The van der Waals surface area contributed by atoms with Crippen LogP contribution in [0.4, 0.5) is 0 Å². The van der Waals surface area contributed by atoms with Gasteiger partial charge in [-0.15, -0.1) is 24.9 Å². The molecule has 3 aliphatic heterocycles. The molecule has 0 aromatic carbocycles. The van der Waals surface area contributed by atoms with Gasteiger partial charge in [-0.05, 0) is 38.5 Å². The molecular weight excluding hydrogens is 476 g/mol. The van der Waals surface area contributed by atoms with E-state index in [0.717, 1.165) is 25.7 Å². The third-order valence-corrected chi connectivity index (χ3v) is 10.3. The lowest BCUT2D eigenvalue weighted by Crippen LogP contribution is -2.58. The summed E-state index contributed by atoms with van der Waals surface area (Å²) in [5.74, 6) is -1.97.